The minimum Gasteiger partial charge on any atom is -0.376 e. The van der Waals surface area contributed by atoms with Gasteiger partial charge in [0.15, 0.2) is 0 Å². The first-order valence-electron chi connectivity index (χ1n) is 3.55. The average Bonchev–Trinajstić information content (AvgIpc) is 2.08. The molecule has 0 bridgehead atoms. The Kier molecular flexibility index (Phi) is 2.91. The van der Waals surface area contributed by atoms with Crippen molar-refractivity contribution in [2.45, 2.75) is 13.0 Å². The number of hydrogen-bond acceptors (Lipinski definition) is 1. The van der Waals surface area contributed by atoms with Crippen LogP contribution in [-0.4, -0.2) is 5.11 Å². The lowest BCUT2D eigenvalue weighted by Gasteiger charge is -2.05. The molecule has 0 spiro atoms. The van der Waals surface area contributed by atoms with Gasteiger partial charge < -0.3 is 5.11 Å². The van der Waals surface area contributed by atoms with Gasteiger partial charge >= 0.3 is 0 Å². The van der Waals surface area contributed by atoms with Crippen LogP contribution in [0.3, 0.4) is 0 Å². The number of aliphatic hydroxyl groups is 1. The van der Waals surface area contributed by atoms with Crippen LogP contribution in [0.5, 0.6) is 0 Å². The molecule has 1 unspecified atom stereocenters. The second kappa shape index (κ2) is 3.75. The summed E-state index contributed by atoms with van der Waals surface area (Å²) in [5, 5.41) is 9.29. The largest absolute Gasteiger partial charge is 0.376 e. The van der Waals surface area contributed by atoms with Crippen LogP contribution in [-0.2, 0) is 0 Å². The van der Waals surface area contributed by atoms with Crippen LogP contribution < -0.4 is 0 Å². The smallest absolute Gasteiger partial charge is 0.139 e. The first-order chi connectivity index (χ1) is 5.65. The molecule has 0 aromatic heterocycles. The van der Waals surface area contributed by atoms with Gasteiger partial charge in [-0.15, -0.1) is 6.42 Å². The Morgan fingerprint density at radius 1 is 1.58 bits per heavy atom. The van der Waals surface area contributed by atoms with E-state index in [4.69, 9.17) is 6.42 Å². The zero-order valence-electron chi connectivity index (χ0n) is 6.71. The minimum atomic E-state index is -0.795. The number of aryl methyl sites for hydroxylation is 1. The molecule has 0 saturated carbocycles. The first kappa shape index (κ1) is 9.31. The number of terminal acetylenes is 1. The summed E-state index contributed by atoms with van der Waals surface area (Å²) in [6.45, 7) is 1.96. The topological polar surface area (TPSA) is 20.2 Å². The molecule has 0 aliphatic carbocycles. The van der Waals surface area contributed by atoms with Crippen molar-refractivity contribution in [3.8, 4) is 12.3 Å². The number of hydrogen-bond donors (Lipinski definition) is 1. The van der Waals surface area contributed by atoms with Gasteiger partial charge in [0.1, 0.15) is 6.10 Å². The number of rotatable bonds is 1. The third kappa shape index (κ3) is 1.88. The van der Waals surface area contributed by atoms with E-state index in [-0.39, 0.29) is 0 Å². The van der Waals surface area contributed by atoms with Crippen molar-refractivity contribution in [1.29, 1.82) is 0 Å². The highest BCUT2D eigenvalue weighted by Crippen LogP contribution is 2.20. The molecule has 1 rings (SSSR count). The Labute approximate surface area is 80.6 Å². The highest BCUT2D eigenvalue weighted by Gasteiger charge is 2.03. The maximum absolute atomic E-state index is 9.29. The lowest BCUT2D eigenvalue weighted by atomic mass is 10.1. The molecule has 62 valence electrons. The molecule has 1 nitrogen and oxygen atoms in total. The molecule has 0 fully saturated rings. The summed E-state index contributed by atoms with van der Waals surface area (Å²) in [7, 11) is 0. The Hall–Kier alpha value is -0.780. The van der Waals surface area contributed by atoms with E-state index in [9.17, 15) is 5.11 Å². The molecule has 0 saturated heterocycles. The number of halogens is 1. The third-order valence-electron chi connectivity index (χ3n) is 1.66. The molecular weight excluding hydrogens is 216 g/mol. The van der Waals surface area contributed by atoms with Crippen LogP contribution in [0.2, 0.25) is 0 Å². The lowest BCUT2D eigenvalue weighted by molar-refractivity contribution is 0.238. The Morgan fingerprint density at radius 3 is 2.75 bits per heavy atom. The molecule has 1 aromatic rings. The van der Waals surface area contributed by atoms with Gasteiger partial charge in [0.2, 0.25) is 0 Å². The molecular formula is C10H9BrO. The molecule has 1 N–H and O–H groups in total. The first-order valence-corrected chi connectivity index (χ1v) is 4.34. The molecule has 0 radical (unpaired) electrons. The molecule has 0 aliphatic heterocycles. The van der Waals surface area contributed by atoms with Gasteiger partial charge in [-0.1, -0.05) is 34.0 Å². The molecule has 1 atom stereocenters. The van der Waals surface area contributed by atoms with Crippen molar-refractivity contribution in [3.63, 3.8) is 0 Å². The molecule has 0 amide bonds. The molecule has 1 aromatic carbocycles. The number of benzene rings is 1. The van der Waals surface area contributed by atoms with Gasteiger partial charge in [0, 0.05) is 4.47 Å². The Bertz CT molecular complexity index is 325. The van der Waals surface area contributed by atoms with E-state index >= 15 is 0 Å². The fraction of sp³-hybridized carbons (Fsp3) is 0.200. The van der Waals surface area contributed by atoms with E-state index in [1.165, 1.54) is 0 Å². The van der Waals surface area contributed by atoms with Crippen molar-refractivity contribution < 1.29 is 5.11 Å². The Balaban J connectivity index is 3.06. The summed E-state index contributed by atoms with van der Waals surface area (Å²) < 4.78 is 1.02. The summed E-state index contributed by atoms with van der Waals surface area (Å²) in [5.41, 5.74) is 1.83. The van der Waals surface area contributed by atoms with E-state index in [2.05, 4.69) is 21.9 Å². The van der Waals surface area contributed by atoms with Crippen LogP contribution in [0.1, 0.15) is 17.2 Å². The van der Waals surface area contributed by atoms with E-state index in [0.717, 1.165) is 15.6 Å². The summed E-state index contributed by atoms with van der Waals surface area (Å²) in [6, 6.07) is 5.56. The predicted molar refractivity (Wildman–Crippen MR) is 52.7 cm³/mol. The molecule has 2 heteroatoms. The van der Waals surface area contributed by atoms with E-state index < -0.39 is 6.10 Å². The van der Waals surface area contributed by atoms with Crippen molar-refractivity contribution in [2.24, 2.45) is 0 Å². The lowest BCUT2D eigenvalue weighted by Crippen LogP contribution is -1.93. The van der Waals surface area contributed by atoms with Crippen LogP contribution in [0.15, 0.2) is 22.7 Å². The van der Waals surface area contributed by atoms with Crippen LogP contribution in [0.4, 0.5) is 0 Å². The average molecular weight is 225 g/mol. The van der Waals surface area contributed by atoms with Gasteiger partial charge in [0.05, 0.1) is 0 Å². The van der Waals surface area contributed by atoms with E-state index in [1.807, 2.05) is 25.1 Å². The predicted octanol–water partition coefficient (Wildman–Crippen LogP) is 2.42. The molecule has 12 heavy (non-hydrogen) atoms. The summed E-state index contributed by atoms with van der Waals surface area (Å²) in [5.74, 6) is 2.27. The van der Waals surface area contributed by atoms with E-state index in [1.54, 1.807) is 0 Å². The molecule has 0 heterocycles. The highest BCUT2D eigenvalue weighted by molar-refractivity contribution is 9.10. The van der Waals surface area contributed by atoms with Crippen molar-refractivity contribution in [2.75, 3.05) is 0 Å². The van der Waals surface area contributed by atoms with Gasteiger partial charge in [0.25, 0.3) is 0 Å². The zero-order valence-corrected chi connectivity index (χ0v) is 8.30. The summed E-state index contributed by atoms with van der Waals surface area (Å²) in [6.07, 6.45) is 4.29. The van der Waals surface area contributed by atoms with Crippen molar-refractivity contribution in [1.82, 2.24) is 0 Å². The summed E-state index contributed by atoms with van der Waals surface area (Å²) in [4.78, 5) is 0. The Morgan fingerprint density at radius 2 is 2.25 bits per heavy atom. The van der Waals surface area contributed by atoms with Crippen molar-refractivity contribution in [3.05, 3.63) is 33.8 Å². The van der Waals surface area contributed by atoms with Crippen LogP contribution in [0.25, 0.3) is 0 Å². The van der Waals surface area contributed by atoms with Gasteiger partial charge in [-0.3, -0.25) is 0 Å². The monoisotopic (exact) mass is 224 g/mol. The normalized spacial score (nSPS) is 12.2. The van der Waals surface area contributed by atoms with Crippen LogP contribution in [0, 0.1) is 19.3 Å². The van der Waals surface area contributed by atoms with Crippen LogP contribution >= 0.6 is 15.9 Å². The van der Waals surface area contributed by atoms with Crippen molar-refractivity contribution >= 4 is 15.9 Å². The third-order valence-corrected chi connectivity index (χ3v) is 2.55. The SMILES string of the molecule is C#CC(O)c1ccc(Br)c(C)c1. The van der Waals surface area contributed by atoms with Gasteiger partial charge in [-0.05, 0) is 24.1 Å². The van der Waals surface area contributed by atoms with E-state index in [0.29, 0.717) is 0 Å². The highest BCUT2D eigenvalue weighted by atomic mass is 79.9. The second-order valence-corrected chi connectivity index (χ2v) is 3.43. The fourth-order valence-electron chi connectivity index (χ4n) is 0.934. The van der Waals surface area contributed by atoms with Gasteiger partial charge in [-0.25, -0.2) is 0 Å². The minimum absolute atomic E-state index is 0.762. The quantitative estimate of drug-likeness (QED) is 0.727. The summed E-state index contributed by atoms with van der Waals surface area (Å²) >= 11 is 3.37. The standard InChI is InChI=1S/C10H9BrO/c1-3-10(12)8-4-5-9(11)7(2)6-8/h1,4-6,10,12H,2H3. The van der Waals surface area contributed by atoms with Gasteiger partial charge in [-0.2, -0.15) is 0 Å². The maximum Gasteiger partial charge on any atom is 0.139 e. The molecule has 0 aliphatic rings. The maximum atomic E-state index is 9.29. The zero-order chi connectivity index (χ0) is 9.14. The fourth-order valence-corrected chi connectivity index (χ4v) is 1.18. The number of aliphatic hydroxyl groups excluding tert-OH is 1. The second-order valence-electron chi connectivity index (χ2n) is 2.58.